The van der Waals surface area contributed by atoms with Gasteiger partial charge >= 0.3 is 5.97 Å². The number of aromatic nitrogens is 1. The number of methoxy groups -OCH3 is 1. The van der Waals surface area contributed by atoms with Crippen LogP contribution in [-0.4, -0.2) is 30.0 Å². The number of allylic oxidation sites excluding steroid dienone is 2. The summed E-state index contributed by atoms with van der Waals surface area (Å²) in [6.45, 7) is 21.6. The average molecular weight is 675 g/mol. The van der Waals surface area contributed by atoms with E-state index < -0.39 is 11.5 Å². The molecule has 48 heavy (non-hydrogen) atoms. The number of rotatable bonds is 4. The molecule has 5 aliphatic carbocycles. The highest BCUT2D eigenvalue weighted by molar-refractivity contribution is 6.31. The van der Waals surface area contributed by atoms with Gasteiger partial charge in [-0.25, -0.2) is 4.79 Å². The highest BCUT2D eigenvalue weighted by Gasteiger charge is 2.69. The molecule has 0 radical (unpaired) electrons. The van der Waals surface area contributed by atoms with Gasteiger partial charge in [-0.05, 0) is 127 Å². The van der Waals surface area contributed by atoms with Gasteiger partial charge in [0.15, 0.2) is 0 Å². The fourth-order valence-electron chi connectivity index (χ4n) is 12.9. The molecule has 3 saturated carbocycles. The predicted molar refractivity (Wildman–Crippen MR) is 195 cm³/mol. The number of carbonyl (C=O) groups excluding carboxylic acids is 2. The van der Waals surface area contributed by atoms with Gasteiger partial charge in [0.25, 0.3) is 0 Å². The molecule has 8 atom stereocenters. The van der Waals surface area contributed by atoms with Crippen molar-refractivity contribution in [3.63, 3.8) is 0 Å². The monoisotopic (exact) mass is 674 g/mol. The summed E-state index contributed by atoms with van der Waals surface area (Å²) in [5.41, 5.74) is 5.60. The Morgan fingerprint density at radius 1 is 0.979 bits per heavy atom. The number of amides is 1. The quantitative estimate of drug-likeness (QED) is 0.250. The predicted octanol–water partition coefficient (Wildman–Crippen LogP) is 9.95. The topological polar surface area (TPSA) is 71.2 Å². The zero-order valence-corrected chi connectivity index (χ0v) is 31.9. The van der Waals surface area contributed by atoms with Crippen molar-refractivity contribution in [1.29, 1.82) is 0 Å². The Labute approximate surface area is 293 Å². The first-order valence-corrected chi connectivity index (χ1v) is 19.1. The SMILES string of the molecule is COC(=O)[C@@H](NC(=O)[C@]12CCC(C)(C)C[C@H]1C1=CC[C@@H]3[C@@]4(C)Cc5c([nH]c6ccc(Cl)cc56)C(C)(C)[C@@H]4CC[C@@]3(C)[C@]1(C)CC2)C(C)C. The molecule has 2 N–H and O–H groups in total. The summed E-state index contributed by atoms with van der Waals surface area (Å²) in [4.78, 5) is 31.3. The molecule has 1 aromatic carbocycles. The number of aromatic amines is 1. The van der Waals surface area contributed by atoms with Crippen LogP contribution in [0.1, 0.15) is 125 Å². The lowest BCUT2D eigenvalue weighted by molar-refractivity contribution is -0.169. The molecule has 5 nitrogen and oxygen atoms in total. The third-order valence-corrected chi connectivity index (χ3v) is 15.9. The van der Waals surface area contributed by atoms with Crippen LogP contribution < -0.4 is 5.32 Å². The normalized spacial score (nSPS) is 38.4. The number of benzene rings is 1. The average Bonchev–Trinajstić information content (AvgIpc) is 3.37. The summed E-state index contributed by atoms with van der Waals surface area (Å²) >= 11 is 6.59. The first-order chi connectivity index (χ1) is 22.3. The number of H-pyrrole nitrogens is 1. The molecule has 5 aliphatic rings. The van der Waals surface area contributed by atoms with E-state index in [4.69, 9.17) is 16.3 Å². The number of ether oxygens (including phenoxy) is 1. The molecular weight excluding hydrogens is 616 g/mol. The minimum Gasteiger partial charge on any atom is -0.467 e. The van der Waals surface area contributed by atoms with Crippen molar-refractivity contribution in [3.8, 4) is 0 Å². The Hall–Kier alpha value is -2.27. The van der Waals surface area contributed by atoms with Crippen LogP contribution in [0, 0.1) is 50.7 Å². The van der Waals surface area contributed by atoms with Crippen molar-refractivity contribution in [3.05, 3.63) is 46.1 Å². The second-order valence-corrected chi connectivity index (χ2v) is 19.6. The molecule has 1 heterocycles. The van der Waals surface area contributed by atoms with Crippen molar-refractivity contribution in [2.24, 2.45) is 50.7 Å². The van der Waals surface area contributed by atoms with Gasteiger partial charge in [-0.3, -0.25) is 4.79 Å². The first kappa shape index (κ1) is 34.2. The van der Waals surface area contributed by atoms with Crippen LogP contribution in [0.2, 0.25) is 5.02 Å². The fourth-order valence-corrected chi connectivity index (χ4v) is 13.0. The maximum atomic E-state index is 14.6. The third kappa shape index (κ3) is 4.53. The molecule has 7 rings (SSSR count). The Balaban J connectivity index is 1.30. The first-order valence-electron chi connectivity index (χ1n) is 18.7. The minimum atomic E-state index is -0.628. The van der Waals surface area contributed by atoms with Gasteiger partial charge in [-0.2, -0.15) is 0 Å². The van der Waals surface area contributed by atoms with E-state index >= 15 is 0 Å². The highest BCUT2D eigenvalue weighted by Crippen LogP contribution is 2.75. The molecule has 0 saturated heterocycles. The van der Waals surface area contributed by atoms with E-state index in [1.807, 2.05) is 19.9 Å². The highest BCUT2D eigenvalue weighted by atomic mass is 35.5. The molecule has 262 valence electrons. The van der Waals surface area contributed by atoms with Crippen LogP contribution in [0.4, 0.5) is 0 Å². The molecule has 0 spiro atoms. The van der Waals surface area contributed by atoms with E-state index in [-0.39, 0.29) is 50.8 Å². The van der Waals surface area contributed by atoms with Crippen LogP contribution in [0.3, 0.4) is 0 Å². The summed E-state index contributed by atoms with van der Waals surface area (Å²) in [5, 5.41) is 5.35. The van der Waals surface area contributed by atoms with E-state index in [9.17, 15) is 9.59 Å². The van der Waals surface area contributed by atoms with E-state index in [0.29, 0.717) is 11.8 Å². The van der Waals surface area contributed by atoms with Gasteiger partial charge in [-0.15, -0.1) is 0 Å². The number of fused-ring (bicyclic) bond motifs is 10. The summed E-state index contributed by atoms with van der Waals surface area (Å²) in [5.74, 6) is 0.971. The fraction of sp³-hybridized carbons (Fsp3) is 0.714. The summed E-state index contributed by atoms with van der Waals surface area (Å²) in [7, 11) is 1.42. The smallest absolute Gasteiger partial charge is 0.328 e. The van der Waals surface area contributed by atoms with Crippen LogP contribution in [0.15, 0.2) is 29.8 Å². The molecule has 2 aromatic rings. The van der Waals surface area contributed by atoms with Gasteiger partial charge in [0.05, 0.1) is 12.5 Å². The summed E-state index contributed by atoms with van der Waals surface area (Å²) < 4.78 is 5.14. The molecular formula is C42H59ClN2O3. The van der Waals surface area contributed by atoms with Crippen LogP contribution >= 0.6 is 11.6 Å². The van der Waals surface area contributed by atoms with E-state index in [1.54, 1.807) is 5.57 Å². The molecule has 0 unspecified atom stereocenters. The second-order valence-electron chi connectivity index (χ2n) is 19.2. The van der Waals surface area contributed by atoms with Crippen LogP contribution in [0.5, 0.6) is 0 Å². The Morgan fingerprint density at radius 3 is 2.38 bits per heavy atom. The number of nitrogens with one attached hydrogen (secondary N) is 2. The largest absolute Gasteiger partial charge is 0.467 e. The maximum Gasteiger partial charge on any atom is 0.328 e. The van der Waals surface area contributed by atoms with Crippen LogP contribution in [0.25, 0.3) is 10.9 Å². The van der Waals surface area contributed by atoms with Crippen molar-refractivity contribution in [2.75, 3.05) is 7.11 Å². The Bertz CT molecular complexity index is 1700. The lowest BCUT2D eigenvalue weighted by atomic mass is 9.33. The zero-order chi connectivity index (χ0) is 34.8. The lowest BCUT2D eigenvalue weighted by Gasteiger charge is -2.70. The van der Waals surface area contributed by atoms with Crippen LogP contribution in [-0.2, 0) is 26.2 Å². The lowest BCUT2D eigenvalue weighted by Crippen LogP contribution is -2.65. The Morgan fingerprint density at radius 2 is 1.69 bits per heavy atom. The van der Waals surface area contributed by atoms with Gasteiger partial charge in [0, 0.05) is 27.0 Å². The number of halogens is 1. The van der Waals surface area contributed by atoms with Crippen molar-refractivity contribution < 1.29 is 14.3 Å². The number of esters is 1. The van der Waals surface area contributed by atoms with Gasteiger partial charge in [0.2, 0.25) is 5.91 Å². The third-order valence-electron chi connectivity index (χ3n) is 15.7. The van der Waals surface area contributed by atoms with E-state index in [2.05, 4.69) is 77.0 Å². The maximum absolute atomic E-state index is 14.6. The van der Waals surface area contributed by atoms with E-state index in [1.165, 1.54) is 42.1 Å². The van der Waals surface area contributed by atoms with Gasteiger partial charge in [-0.1, -0.05) is 85.6 Å². The standard InChI is InChI=1S/C42H59ClN2O3/c1-24(2)33(35(46)48-10)45-36(47)42-19-17-37(3,4)23-29(42)28-12-14-32-39(7)22-27-26-21-25(43)11-13-30(26)44-34(27)38(5,6)31(39)15-16-41(32,9)40(28,8)18-20-42/h11-13,21,24,29,31-33,44H,14-20,22-23H2,1-10H3,(H,45,47)/t29-,31-,32+,33-,39-,40+,41+,42-/m0/s1. The van der Waals surface area contributed by atoms with Gasteiger partial charge in [0.1, 0.15) is 6.04 Å². The number of carbonyl (C=O) groups is 2. The Kier molecular flexibility index (Phi) is 7.74. The van der Waals surface area contributed by atoms with E-state index in [0.717, 1.165) is 50.0 Å². The van der Waals surface area contributed by atoms with Crippen molar-refractivity contribution >= 4 is 34.4 Å². The molecule has 6 heteroatoms. The zero-order valence-electron chi connectivity index (χ0n) is 31.2. The number of hydrogen-bond acceptors (Lipinski definition) is 3. The molecule has 0 bridgehead atoms. The summed E-state index contributed by atoms with van der Waals surface area (Å²) in [6, 6.07) is 5.71. The molecule has 0 aliphatic heterocycles. The summed E-state index contributed by atoms with van der Waals surface area (Å²) in [6.07, 6.45) is 12.0. The number of hydrogen-bond donors (Lipinski definition) is 2. The minimum absolute atomic E-state index is 0.0134. The second kappa shape index (κ2) is 10.9. The molecule has 3 fully saturated rings. The molecule has 1 aromatic heterocycles. The van der Waals surface area contributed by atoms with Gasteiger partial charge < -0.3 is 15.0 Å². The molecule has 1 amide bonds. The van der Waals surface area contributed by atoms with Crippen molar-refractivity contribution in [2.45, 2.75) is 132 Å². The van der Waals surface area contributed by atoms with Crippen molar-refractivity contribution in [1.82, 2.24) is 10.3 Å².